The van der Waals surface area contributed by atoms with E-state index in [-0.39, 0.29) is 11.7 Å². The Morgan fingerprint density at radius 1 is 1.06 bits per heavy atom. The number of rotatable bonds is 7. The van der Waals surface area contributed by atoms with Gasteiger partial charge in [0.05, 0.1) is 17.8 Å². The van der Waals surface area contributed by atoms with Crippen molar-refractivity contribution < 1.29 is 23.6 Å². The van der Waals surface area contributed by atoms with Crippen LogP contribution in [0.3, 0.4) is 0 Å². The highest BCUT2D eigenvalue weighted by molar-refractivity contribution is 6.34. The molecule has 0 aliphatic rings. The molecule has 0 radical (unpaired) electrons. The van der Waals surface area contributed by atoms with Gasteiger partial charge in [0.15, 0.2) is 0 Å². The predicted octanol–water partition coefficient (Wildman–Crippen LogP) is 4.87. The molecule has 178 valence electrons. The standard InChI is InChI=1S/C24H25ClN4O5/c1-13(2)20(23(31)33-4)27-22(30)19-12-18(29-34-19)15-8-10-16(11-9-15)26-24(32)28-21-14(3)6-5-7-17(21)25/h5-13,20H,1-4H3,(H,27,30)(H2,26,28,32)/t20-/m0/s1. The number of esters is 1. The summed E-state index contributed by atoms with van der Waals surface area (Å²) in [5.74, 6) is -1.33. The molecule has 1 heterocycles. The second-order valence-electron chi connectivity index (χ2n) is 7.88. The van der Waals surface area contributed by atoms with E-state index >= 15 is 0 Å². The Morgan fingerprint density at radius 3 is 2.38 bits per heavy atom. The van der Waals surface area contributed by atoms with Crippen molar-refractivity contribution in [3.63, 3.8) is 0 Å². The fraction of sp³-hybridized carbons (Fsp3) is 0.250. The summed E-state index contributed by atoms with van der Waals surface area (Å²) in [5, 5.41) is 12.4. The van der Waals surface area contributed by atoms with Gasteiger partial charge in [-0.15, -0.1) is 0 Å². The smallest absolute Gasteiger partial charge is 0.328 e. The zero-order valence-corrected chi connectivity index (χ0v) is 19.9. The van der Waals surface area contributed by atoms with Crippen LogP contribution in [0.1, 0.15) is 30.0 Å². The predicted molar refractivity (Wildman–Crippen MR) is 129 cm³/mol. The van der Waals surface area contributed by atoms with E-state index in [1.165, 1.54) is 13.2 Å². The molecule has 10 heteroatoms. The Balaban J connectivity index is 1.64. The highest BCUT2D eigenvalue weighted by Gasteiger charge is 2.27. The van der Waals surface area contributed by atoms with Crippen LogP contribution in [0.4, 0.5) is 16.2 Å². The molecular weight excluding hydrogens is 460 g/mol. The van der Waals surface area contributed by atoms with Crippen LogP contribution in [0.15, 0.2) is 53.1 Å². The number of carbonyl (C=O) groups is 3. The number of hydrogen-bond acceptors (Lipinski definition) is 6. The molecular formula is C24H25ClN4O5. The largest absolute Gasteiger partial charge is 0.467 e. The molecule has 0 spiro atoms. The molecule has 1 aromatic heterocycles. The zero-order chi connectivity index (χ0) is 24.8. The van der Waals surface area contributed by atoms with Crippen LogP contribution >= 0.6 is 11.6 Å². The SMILES string of the molecule is COC(=O)[C@@H](NC(=O)c1cc(-c2ccc(NC(=O)Nc3c(C)cccc3Cl)cc2)no1)C(C)C. The first-order valence-electron chi connectivity index (χ1n) is 10.5. The van der Waals surface area contributed by atoms with Gasteiger partial charge in [0.25, 0.3) is 5.91 Å². The number of methoxy groups -OCH3 is 1. The Labute approximate surface area is 201 Å². The Kier molecular flexibility index (Phi) is 7.91. The summed E-state index contributed by atoms with van der Waals surface area (Å²) in [6, 6.07) is 12.4. The molecule has 3 rings (SSSR count). The van der Waals surface area contributed by atoms with Gasteiger partial charge in [-0.1, -0.05) is 54.9 Å². The number of nitrogens with one attached hydrogen (secondary N) is 3. The lowest BCUT2D eigenvalue weighted by Crippen LogP contribution is -2.44. The number of benzene rings is 2. The lowest BCUT2D eigenvalue weighted by atomic mass is 10.0. The Hall–Kier alpha value is -3.85. The van der Waals surface area contributed by atoms with E-state index in [9.17, 15) is 14.4 Å². The van der Waals surface area contributed by atoms with Gasteiger partial charge in [-0.25, -0.2) is 9.59 Å². The van der Waals surface area contributed by atoms with Crippen LogP contribution in [0.5, 0.6) is 0 Å². The molecule has 0 unspecified atom stereocenters. The molecule has 0 aliphatic heterocycles. The third-order valence-corrected chi connectivity index (χ3v) is 5.36. The lowest BCUT2D eigenvalue weighted by Gasteiger charge is -2.18. The lowest BCUT2D eigenvalue weighted by molar-refractivity contribution is -0.144. The maximum atomic E-state index is 12.5. The number of aromatic nitrogens is 1. The molecule has 2 aromatic carbocycles. The second-order valence-corrected chi connectivity index (χ2v) is 8.29. The summed E-state index contributed by atoms with van der Waals surface area (Å²) >= 11 is 6.15. The van der Waals surface area contributed by atoms with Crippen LogP contribution in [0.25, 0.3) is 11.3 Å². The molecule has 3 amide bonds. The Morgan fingerprint density at radius 2 is 1.76 bits per heavy atom. The summed E-state index contributed by atoms with van der Waals surface area (Å²) in [6.07, 6.45) is 0. The van der Waals surface area contributed by atoms with E-state index < -0.39 is 23.9 Å². The molecule has 9 nitrogen and oxygen atoms in total. The van der Waals surface area contributed by atoms with E-state index in [0.29, 0.717) is 27.7 Å². The van der Waals surface area contributed by atoms with Crippen LogP contribution in [0.2, 0.25) is 5.02 Å². The van der Waals surface area contributed by atoms with Gasteiger partial charge in [-0.3, -0.25) is 4.79 Å². The average Bonchev–Trinajstić information content (AvgIpc) is 3.30. The number of urea groups is 1. The van der Waals surface area contributed by atoms with E-state index in [2.05, 4.69) is 21.1 Å². The number of anilines is 2. The maximum Gasteiger partial charge on any atom is 0.328 e. The number of aryl methyl sites for hydroxylation is 1. The molecule has 3 N–H and O–H groups in total. The first-order chi connectivity index (χ1) is 16.2. The number of carbonyl (C=O) groups excluding carboxylic acids is 3. The molecule has 0 bridgehead atoms. The van der Waals surface area contributed by atoms with Crippen LogP contribution in [0, 0.1) is 12.8 Å². The minimum absolute atomic E-state index is 0.0405. The van der Waals surface area contributed by atoms with Crippen molar-refractivity contribution in [1.29, 1.82) is 0 Å². The number of nitrogens with zero attached hydrogens (tertiary/aromatic N) is 1. The molecule has 0 saturated heterocycles. The molecule has 0 saturated carbocycles. The van der Waals surface area contributed by atoms with Crippen LogP contribution in [-0.4, -0.2) is 36.2 Å². The molecule has 34 heavy (non-hydrogen) atoms. The second kappa shape index (κ2) is 10.8. The first kappa shape index (κ1) is 24.8. The molecule has 1 atom stereocenters. The number of halogens is 1. The number of amides is 3. The van der Waals surface area contributed by atoms with Gasteiger partial charge >= 0.3 is 12.0 Å². The monoisotopic (exact) mass is 484 g/mol. The minimum atomic E-state index is -0.808. The van der Waals surface area contributed by atoms with Crippen molar-refractivity contribution in [2.45, 2.75) is 26.8 Å². The number of hydrogen-bond donors (Lipinski definition) is 3. The number of para-hydroxylation sites is 1. The van der Waals surface area contributed by atoms with E-state index in [4.69, 9.17) is 20.9 Å². The summed E-state index contributed by atoms with van der Waals surface area (Å²) in [5.41, 5.74) is 3.02. The Bertz CT molecular complexity index is 1170. The molecule has 0 fully saturated rings. The van der Waals surface area contributed by atoms with Crippen molar-refractivity contribution in [3.05, 3.63) is 64.9 Å². The molecule has 3 aromatic rings. The van der Waals surface area contributed by atoms with Gasteiger partial charge in [-0.2, -0.15) is 0 Å². The van der Waals surface area contributed by atoms with Gasteiger partial charge in [0.2, 0.25) is 5.76 Å². The van der Waals surface area contributed by atoms with Crippen LogP contribution < -0.4 is 16.0 Å². The van der Waals surface area contributed by atoms with E-state index in [1.54, 1.807) is 50.2 Å². The van der Waals surface area contributed by atoms with Crippen LogP contribution in [-0.2, 0) is 9.53 Å². The summed E-state index contributed by atoms with van der Waals surface area (Å²) in [6.45, 7) is 5.43. The number of ether oxygens (including phenoxy) is 1. The zero-order valence-electron chi connectivity index (χ0n) is 19.1. The van der Waals surface area contributed by atoms with E-state index in [1.807, 2.05) is 13.0 Å². The molecule has 0 aliphatic carbocycles. The van der Waals surface area contributed by atoms with Crippen molar-refractivity contribution in [1.82, 2.24) is 10.5 Å². The fourth-order valence-corrected chi connectivity index (χ4v) is 3.41. The fourth-order valence-electron chi connectivity index (χ4n) is 3.15. The van der Waals surface area contributed by atoms with Gasteiger partial charge in [-0.05, 0) is 36.6 Å². The highest BCUT2D eigenvalue weighted by Crippen LogP contribution is 2.26. The van der Waals surface area contributed by atoms with E-state index in [0.717, 1.165) is 5.56 Å². The van der Waals surface area contributed by atoms with Crippen molar-refractivity contribution in [3.8, 4) is 11.3 Å². The van der Waals surface area contributed by atoms with Gasteiger partial charge < -0.3 is 25.2 Å². The summed E-state index contributed by atoms with van der Waals surface area (Å²) in [4.78, 5) is 36.7. The van der Waals surface area contributed by atoms with Gasteiger partial charge in [0.1, 0.15) is 11.7 Å². The first-order valence-corrected chi connectivity index (χ1v) is 10.9. The maximum absolute atomic E-state index is 12.5. The average molecular weight is 485 g/mol. The third kappa shape index (κ3) is 5.93. The highest BCUT2D eigenvalue weighted by atomic mass is 35.5. The normalized spacial score (nSPS) is 11.6. The topological polar surface area (TPSA) is 123 Å². The summed E-state index contributed by atoms with van der Waals surface area (Å²) < 4.78 is 9.88. The third-order valence-electron chi connectivity index (χ3n) is 5.04. The summed E-state index contributed by atoms with van der Waals surface area (Å²) in [7, 11) is 1.26. The van der Waals surface area contributed by atoms with Crippen molar-refractivity contribution >= 4 is 40.9 Å². The van der Waals surface area contributed by atoms with Gasteiger partial charge in [0, 0.05) is 17.3 Å². The quantitative estimate of drug-likeness (QED) is 0.411. The van der Waals surface area contributed by atoms with Crippen molar-refractivity contribution in [2.75, 3.05) is 17.7 Å². The van der Waals surface area contributed by atoms with Crippen molar-refractivity contribution in [2.24, 2.45) is 5.92 Å². The minimum Gasteiger partial charge on any atom is -0.467 e.